The maximum absolute atomic E-state index is 5.17. The van der Waals surface area contributed by atoms with Gasteiger partial charge >= 0.3 is 0 Å². The average Bonchev–Trinajstić information content (AvgIpc) is 3.09. The summed E-state index contributed by atoms with van der Waals surface area (Å²) in [7, 11) is 0. The van der Waals surface area contributed by atoms with E-state index in [0.717, 1.165) is 12.8 Å². The third kappa shape index (κ3) is 1.70. The molecule has 1 aromatic carbocycles. The Labute approximate surface area is 111 Å². The van der Waals surface area contributed by atoms with Crippen molar-refractivity contribution in [3.05, 3.63) is 66.5 Å². The van der Waals surface area contributed by atoms with Crippen LogP contribution in [0.4, 0.5) is 0 Å². The van der Waals surface area contributed by atoms with Gasteiger partial charge in [0.1, 0.15) is 0 Å². The Balaban J connectivity index is 1.77. The van der Waals surface area contributed by atoms with E-state index in [2.05, 4.69) is 33.8 Å². The zero-order valence-corrected chi connectivity index (χ0v) is 10.5. The molecule has 0 spiro atoms. The summed E-state index contributed by atoms with van der Waals surface area (Å²) in [6.07, 6.45) is 9.49. The van der Waals surface area contributed by atoms with Crippen LogP contribution in [-0.4, -0.2) is 9.55 Å². The number of hydrogen-bond acceptors (Lipinski definition) is 2. The van der Waals surface area contributed by atoms with Crippen molar-refractivity contribution in [2.24, 2.45) is 0 Å². The number of fused-ring (bicyclic) bond motifs is 3. The van der Waals surface area contributed by atoms with Gasteiger partial charge in [-0.1, -0.05) is 24.3 Å². The smallest absolute Gasteiger partial charge is 0.0953 e. The quantitative estimate of drug-likeness (QED) is 0.697. The van der Waals surface area contributed by atoms with Gasteiger partial charge in [0.25, 0.3) is 0 Å². The number of aromatic nitrogens is 2. The second-order valence-corrected chi connectivity index (χ2v) is 5.04. The van der Waals surface area contributed by atoms with Gasteiger partial charge in [0.05, 0.1) is 30.7 Å². The fourth-order valence-corrected chi connectivity index (χ4v) is 2.96. The summed E-state index contributed by atoms with van der Waals surface area (Å²) in [6, 6.07) is 11.1. The van der Waals surface area contributed by atoms with Crippen LogP contribution in [0.15, 0.2) is 59.8 Å². The molecule has 0 bridgehead atoms. The largest absolute Gasteiger partial charge is 0.472 e. The molecule has 19 heavy (non-hydrogen) atoms. The summed E-state index contributed by atoms with van der Waals surface area (Å²) >= 11 is 0. The average molecular weight is 250 g/mol. The number of benzene rings is 1. The number of imidazole rings is 1. The molecule has 0 saturated carbocycles. The summed E-state index contributed by atoms with van der Waals surface area (Å²) in [5.41, 5.74) is 5.17. The van der Waals surface area contributed by atoms with Crippen molar-refractivity contribution in [3.63, 3.8) is 0 Å². The molecule has 1 atom stereocenters. The van der Waals surface area contributed by atoms with Gasteiger partial charge in [-0.05, 0) is 30.0 Å². The molecule has 1 aliphatic rings. The number of nitrogens with zero attached hydrogens (tertiary/aromatic N) is 2. The lowest BCUT2D eigenvalue weighted by Crippen LogP contribution is -2.19. The molecule has 0 saturated heterocycles. The van der Waals surface area contributed by atoms with E-state index in [9.17, 15) is 0 Å². The predicted molar refractivity (Wildman–Crippen MR) is 72.8 cm³/mol. The van der Waals surface area contributed by atoms with Gasteiger partial charge in [0.2, 0.25) is 0 Å². The molecule has 1 unspecified atom stereocenters. The highest BCUT2D eigenvalue weighted by Gasteiger charge is 2.24. The molecule has 0 fully saturated rings. The van der Waals surface area contributed by atoms with Gasteiger partial charge in [-0.3, -0.25) is 0 Å². The van der Waals surface area contributed by atoms with Crippen molar-refractivity contribution in [2.75, 3.05) is 0 Å². The third-order valence-electron chi connectivity index (χ3n) is 3.86. The van der Waals surface area contributed by atoms with Crippen LogP contribution in [0.1, 0.15) is 17.2 Å². The van der Waals surface area contributed by atoms with Crippen molar-refractivity contribution < 1.29 is 4.42 Å². The number of furan rings is 1. The topological polar surface area (TPSA) is 31.0 Å². The van der Waals surface area contributed by atoms with Crippen LogP contribution in [0, 0.1) is 0 Å². The van der Waals surface area contributed by atoms with Crippen LogP contribution in [0.3, 0.4) is 0 Å². The second kappa shape index (κ2) is 4.12. The minimum atomic E-state index is 0.421. The van der Waals surface area contributed by atoms with Crippen LogP contribution < -0.4 is 0 Å². The molecule has 4 rings (SSSR count). The van der Waals surface area contributed by atoms with Crippen LogP contribution in [0.25, 0.3) is 11.3 Å². The van der Waals surface area contributed by atoms with Gasteiger partial charge < -0.3 is 8.98 Å². The summed E-state index contributed by atoms with van der Waals surface area (Å²) in [5, 5.41) is 0. The van der Waals surface area contributed by atoms with Gasteiger partial charge in [-0.2, -0.15) is 0 Å². The van der Waals surface area contributed by atoms with Crippen molar-refractivity contribution in [1.29, 1.82) is 0 Å². The summed E-state index contributed by atoms with van der Waals surface area (Å²) in [5.74, 6) is 0. The van der Waals surface area contributed by atoms with E-state index in [0.29, 0.717) is 6.04 Å². The third-order valence-corrected chi connectivity index (χ3v) is 3.86. The Hall–Kier alpha value is -2.29. The van der Waals surface area contributed by atoms with E-state index < -0.39 is 0 Å². The highest BCUT2D eigenvalue weighted by Crippen LogP contribution is 2.35. The fourth-order valence-electron chi connectivity index (χ4n) is 2.96. The van der Waals surface area contributed by atoms with Crippen LogP contribution in [0.2, 0.25) is 0 Å². The van der Waals surface area contributed by atoms with Gasteiger partial charge in [0.15, 0.2) is 0 Å². The summed E-state index contributed by atoms with van der Waals surface area (Å²) in [4.78, 5) is 4.32. The Morgan fingerprint density at radius 2 is 2.21 bits per heavy atom. The van der Waals surface area contributed by atoms with E-state index in [-0.39, 0.29) is 0 Å². The minimum absolute atomic E-state index is 0.421. The van der Waals surface area contributed by atoms with E-state index in [1.807, 2.05) is 24.9 Å². The van der Waals surface area contributed by atoms with Crippen molar-refractivity contribution >= 4 is 0 Å². The maximum atomic E-state index is 5.17. The molecular formula is C16H14N2O. The number of rotatable bonds is 2. The Bertz CT molecular complexity index is 697. The van der Waals surface area contributed by atoms with Crippen molar-refractivity contribution in [2.45, 2.75) is 18.9 Å². The normalized spacial score (nSPS) is 16.9. The van der Waals surface area contributed by atoms with E-state index in [4.69, 9.17) is 4.42 Å². The monoisotopic (exact) mass is 250 g/mol. The van der Waals surface area contributed by atoms with E-state index >= 15 is 0 Å². The highest BCUT2D eigenvalue weighted by atomic mass is 16.3. The molecule has 3 heteroatoms. The molecule has 0 aliphatic carbocycles. The Morgan fingerprint density at radius 3 is 3.11 bits per heavy atom. The molecule has 2 aromatic heterocycles. The maximum Gasteiger partial charge on any atom is 0.0953 e. The Morgan fingerprint density at radius 1 is 1.26 bits per heavy atom. The molecule has 3 nitrogen and oxygen atoms in total. The zero-order valence-electron chi connectivity index (χ0n) is 10.5. The van der Waals surface area contributed by atoms with Crippen molar-refractivity contribution in [1.82, 2.24) is 9.55 Å². The second-order valence-electron chi connectivity index (χ2n) is 5.04. The van der Waals surface area contributed by atoms with Crippen LogP contribution in [0.5, 0.6) is 0 Å². The molecule has 1 aliphatic heterocycles. The van der Waals surface area contributed by atoms with Crippen molar-refractivity contribution in [3.8, 4) is 11.3 Å². The lowest BCUT2D eigenvalue weighted by Gasteiger charge is -2.27. The molecule has 0 N–H and O–H groups in total. The van der Waals surface area contributed by atoms with E-state index in [1.165, 1.54) is 22.4 Å². The lowest BCUT2D eigenvalue weighted by molar-refractivity contribution is 0.484. The first-order chi connectivity index (χ1) is 9.42. The van der Waals surface area contributed by atoms with Gasteiger partial charge in [-0.15, -0.1) is 0 Å². The zero-order chi connectivity index (χ0) is 12.7. The molecule has 0 radical (unpaired) electrons. The van der Waals surface area contributed by atoms with E-state index in [1.54, 1.807) is 6.26 Å². The lowest BCUT2D eigenvalue weighted by atomic mass is 9.91. The van der Waals surface area contributed by atoms with Crippen LogP contribution in [-0.2, 0) is 12.8 Å². The predicted octanol–water partition coefficient (Wildman–Crippen LogP) is 3.48. The molecule has 3 aromatic rings. The standard InChI is InChI=1S/C16H14N2O/c1-2-4-15-13(3-1)8-14(7-12-5-6-19-10-12)18-11-17-9-16(15)18/h1-6,9-11,14H,7-8H2. The fraction of sp³-hybridized carbons (Fsp3) is 0.188. The molecule has 94 valence electrons. The van der Waals surface area contributed by atoms with Gasteiger partial charge in [0, 0.05) is 11.6 Å². The molecular weight excluding hydrogens is 236 g/mol. The minimum Gasteiger partial charge on any atom is -0.472 e. The summed E-state index contributed by atoms with van der Waals surface area (Å²) < 4.78 is 7.46. The number of hydrogen-bond donors (Lipinski definition) is 0. The highest BCUT2D eigenvalue weighted by molar-refractivity contribution is 5.65. The SMILES string of the molecule is c1ccc2c(c1)CC(Cc1ccoc1)n1cncc1-2. The van der Waals surface area contributed by atoms with Crippen LogP contribution >= 0.6 is 0 Å². The first kappa shape index (κ1) is 10.6. The first-order valence-corrected chi connectivity index (χ1v) is 6.53. The first-order valence-electron chi connectivity index (χ1n) is 6.53. The Kier molecular flexibility index (Phi) is 2.30. The molecule has 3 heterocycles. The summed E-state index contributed by atoms with van der Waals surface area (Å²) in [6.45, 7) is 0. The van der Waals surface area contributed by atoms with Gasteiger partial charge in [-0.25, -0.2) is 4.98 Å². The molecule has 0 amide bonds.